The van der Waals surface area contributed by atoms with Crippen LogP contribution in [0.25, 0.3) is 0 Å². The van der Waals surface area contributed by atoms with Gasteiger partial charge in [0.2, 0.25) is 0 Å². The molecule has 0 amide bonds. The third-order valence-electron chi connectivity index (χ3n) is 4.51. The first-order valence-corrected chi connectivity index (χ1v) is 22.2. The Labute approximate surface area is 179 Å². The van der Waals surface area contributed by atoms with E-state index in [1.165, 1.54) is 21.5 Å². The van der Waals surface area contributed by atoms with E-state index in [1.807, 2.05) is 0 Å². The molecule has 0 saturated heterocycles. The van der Waals surface area contributed by atoms with Crippen molar-refractivity contribution in [3.05, 3.63) is 90.5 Å². The second-order valence-corrected chi connectivity index (χ2v) is 25.5. The van der Waals surface area contributed by atoms with Crippen LogP contribution in [0.15, 0.2) is 84.9 Å². The van der Waals surface area contributed by atoms with Crippen LogP contribution in [0.2, 0.25) is 0 Å². The van der Waals surface area contributed by atoms with E-state index in [0.29, 0.717) is 13.3 Å². The van der Waals surface area contributed by atoms with Crippen LogP contribution in [0.4, 0.5) is 0 Å². The van der Waals surface area contributed by atoms with Gasteiger partial charge in [-0.2, -0.15) is 0 Å². The van der Waals surface area contributed by atoms with Crippen molar-refractivity contribution in [1.82, 2.24) is 0 Å². The maximum absolute atomic E-state index is 2.57. The van der Waals surface area contributed by atoms with Crippen LogP contribution in [-0.4, -0.2) is 11.4 Å². The van der Waals surface area contributed by atoms with Gasteiger partial charge < -0.3 is 0 Å². The van der Waals surface area contributed by atoms with E-state index in [2.05, 4.69) is 134 Å². The Morgan fingerprint density at radius 2 is 1.20 bits per heavy atom. The molecule has 130 valence electrons. The average molecular weight is 685 g/mol. The first-order valence-electron chi connectivity index (χ1n) is 7.92. The fourth-order valence-corrected chi connectivity index (χ4v) is 8.05. The van der Waals surface area contributed by atoms with Gasteiger partial charge in [0.05, 0.1) is 5.30 Å². The van der Waals surface area contributed by atoms with E-state index in [1.54, 1.807) is 0 Å². The first kappa shape index (κ1) is 19.8. The standard InChI is InChI=1S/C20H19NP.I3/c1-21-16-17-10-8-9-15-20(17)22(21,18-11-4-2-5-12-18)19-13-6-3-7-14-19;1-3-2/h2-15H,16H2,1H3;/q+1;-1. The predicted molar refractivity (Wildman–Crippen MR) is 123 cm³/mol. The minimum atomic E-state index is -1.70. The summed E-state index contributed by atoms with van der Waals surface area (Å²) in [6.45, 7) is 1.02. The summed E-state index contributed by atoms with van der Waals surface area (Å²) in [5.74, 6) is 0. The Morgan fingerprint density at radius 3 is 1.72 bits per heavy atom. The molecule has 1 aliphatic heterocycles. The summed E-state index contributed by atoms with van der Waals surface area (Å²) in [6.07, 6.45) is 0. The van der Waals surface area contributed by atoms with Crippen molar-refractivity contribution in [3.8, 4) is 0 Å². The van der Waals surface area contributed by atoms with Crippen molar-refractivity contribution in [2.24, 2.45) is 0 Å². The molecule has 0 atom stereocenters. The third-order valence-corrected chi connectivity index (χ3v) is 8.90. The van der Waals surface area contributed by atoms with Gasteiger partial charge in [0, 0.05) is 16.2 Å². The SMILES string of the molecule is C[N+]1=P(c2ccccc2)(c2ccccc2)c2ccccc2C1.I[I-]I. The normalized spacial score (nSPS) is 14.6. The molecule has 1 heterocycles. The Bertz CT molecular complexity index is 852. The van der Waals surface area contributed by atoms with Gasteiger partial charge in [-0.25, -0.2) is 4.33 Å². The summed E-state index contributed by atoms with van der Waals surface area (Å²) >= 11 is 5.30. The first-order chi connectivity index (χ1) is 12.2. The van der Waals surface area contributed by atoms with Gasteiger partial charge in [0.1, 0.15) is 7.05 Å². The predicted octanol–water partition coefficient (Wildman–Crippen LogP) is 2.10. The third kappa shape index (κ3) is 3.87. The monoisotopic (exact) mass is 685 g/mol. The van der Waals surface area contributed by atoms with Crippen LogP contribution in [0.3, 0.4) is 0 Å². The minimum absolute atomic E-state index is 0.530. The molecule has 3 aromatic rings. The molecule has 1 nitrogen and oxygen atoms in total. The van der Waals surface area contributed by atoms with Crippen molar-refractivity contribution in [3.63, 3.8) is 0 Å². The zero-order chi connectivity index (χ0) is 17.7. The number of halogens is 3. The fraction of sp³-hybridized carbons (Fsp3) is 0.100. The molecule has 5 heteroatoms. The molecule has 25 heavy (non-hydrogen) atoms. The quantitative estimate of drug-likeness (QED) is 0.288. The van der Waals surface area contributed by atoms with Crippen molar-refractivity contribution >= 4 is 60.2 Å². The van der Waals surface area contributed by atoms with E-state index < -0.39 is 7.05 Å². The Morgan fingerprint density at radius 1 is 0.760 bits per heavy atom. The molecular weight excluding hydrogens is 666 g/mol. The van der Waals surface area contributed by atoms with Gasteiger partial charge in [-0.3, -0.25) is 0 Å². The summed E-state index contributed by atoms with van der Waals surface area (Å²) < 4.78 is 2.57. The molecule has 4 rings (SSSR count). The van der Waals surface area contributed by atoms with E-state index in [-0.39, 0.29) is 0 Å². The zero-order valence-electron chi connectivity index (χ0n) is 13.8. The van der Waals surface area contributed by atoms with Gasteiger partial charge in [-0.15, -0.1) is 0 Å². The van der Waals surface area contributed by atoms with Gasteiger partial charge in [-0.1, -0.05) is 54.6 Å². The number of hydrogen-bond donors (Lipinski definition) is 0. The van der Waals surface area contributed by atoms with Crippen molar-refractivity contribution in [1.29, 1.82) is 0 Å². The van der Waals surface area contributed by atoms with Gasteiger partial charge in [0.15, 0.2) is 13.6 Å². The van der Waals surface area contributed by atoms with Crippen LogP contribution in [0, 0.1) is 0 Å². The summed E-state index contributed by atoms with van der Waals surface area (Å²) in [6, 6.07) is 31.0. The average Bonchev–Trinajstić information content (AvgIpc) is 2.96. The van der Waals surface area contributed by atoms with Gasteiger partial charge in [-0.05, 0) is 30.3 Å². The molecule has 0 unspecified atom stereocenters. The molecule has 1 aliphatic rings. The van der Waals surface area contributed by atoms with Crippen LogP contribution in [0.5, 0.6) is 0 Å². The van der Waals surface area contributed by atoms with Crippen LogP contribution in [0.1, 0.15) is 5.56 Å². The molecule has 0 saturated carbocycles. The van der Waals surface area contributed by atoms with Crippen molar-refractivity contribution in [2.45, 2.75) is 6.54 Å². The van der Waals surface area contributed by atoms with E-state index in [9.17, 15) is 0 Å². The van der Waals surface area contributed by atoms with Crippen molar-refractivity contribution < 1.29 is 17.6 Å². The summed E-state index contributed by atoms with van der Waals surface area (Å²) in [4.78, 5) is 0. The number of nitrogens with zero attached hydrogens (tertiary/aromatic N) is 1. The fourth-order valence-electron chi connectivity index (χ4n) is 3.61. The molecule has 0 bridgehead atoms. The zero-order valence-corrected chi connectivity index (χ0v) is 21.2. The summed E-state index contributed by atoms with van der Waals surface area (Å²) in [7, 11) is 0.572. The van der Waals surface area contributed by atoms with Crippen LogP contribution in [-0.2, 0) is 6.54 Å². The molecule has 0 spiro atoms. The Kier molecular flexibility index (Phi) is 7.40. The second-order valence-electron chi connectivity index (χ2n) is 5.80. The molecule has 3 aromatic carbocycles. The van der Waals surface area contributed by atoms with Gasteiger partial charge >= 0.3 is 50.5 Å². The van der Waals surface area contributed by atoms with Crippen LogP contribution >= 0.6 is 44.3 Å². The Hall–Kier alpha value is 0.0800. The molecule has 0 aromatic heterocycles. The molecule has 0 fully saturated rings. The number of fused-ring (bicyclic) bond motifs is 1. The topological polar surface area (TPSA) is 3.01 Å². The van der Waals surface area contributed by atoms with Gasteiger partial charge in [0.25, 0.3) is 0 Å². The van der Waals surface area contributed by atoms with E-state index >= 15 is 0 Å². The molecule has 0 radical (unpaired) electrons. The summed E-state index contributed by atoms with van der Waals surface area (Å²) in [5, 5.41) is 4.39. The number of benzene rings is 3. The van der Waals surface area contributed by atoms with Crippen molar-refractivity contribution in [2.75, 3.05) is 7.05 Å². The molecule has 0 N–H and O–H groups in total. The molecular formula is C20H19I3NP. The van der Waals surface area contributed by atoms with E-state index in [4.69, 9.17) is 0 Å². The summed E-state index contributed by atoms with van der Waals surface area (Å²) in [5.41, 5.74) is 1.46. The van der Waals surface area contributed by atoms with Crippen LogP contribution < -0.4 is 29.2 Å². The second kappa shape index (κ2) is 9.33. The number of rotatable bonds is 2. The Balaban J connectivity index is 0.000000569. The number of hydrogen-bond acceptors (Lipinski definition) is 0. The molecule has 0 aliphatic carbocycles. The van der Waals surface area contributed by atoms with E-state index in [0.717, 1.165) is 6.54 Å². The maximum atomic E-state index is 2.57.